The fourth-order valence-electron chi connectivity index (χ4n) is 2.84. The average molecular weight is 239 g/mol. The van der Waals surface area contributed by atoms with Gasteiger partial charge in [0.1, 0.15) is 0 Å². The number of carbonyl (C=O) groups excluding carboxylic acids is 1. The molecule has 2 rings (SSSR count). The summed E-state index contributed by atoms with van der Waals surface area (Å²) in [5.74, 6) is 1.95. The van der Waals surface area contributed by atoms with E-state index < -0.39 is 0 Å². The summed E-state index contributed by atoms with van der Waals surface area (Å²) in [7, 11) is 0. The van der Waals surface area contributed by atoms with Crippen LogP contribution in [0.3, 0.4) is 0 Å². The van der Waals surface area contributed by atoms with Crippen molar-refractivity contribution in [1.82, 2.24) is 5.32 Å². The van der Waals surface area contributed by atoms with Crippen LogP contribution in [0.15, 0.2) is 5.16 Å². The Hall–Kier alpha value is -1.26. The van der Waals surface area contributed by atoms with Crippen LogP contribution in [0.2, 0.25) is 0 Å². The van der Waals surface area contributed by atoms with Crippen LogP contribution < -0.4 is 11.1 Å². The molecule has 0 heterocycles. The second-order valence-corrected chi connectivity index (χ2v) is 5.68. The van der Waals surface area contributed by atoms with Crippen LogP contribution in [0, 0.1) is 23.7 Å². The van der Waals surface area contributed by atoms with Gasteiger partial charge in [-0.2, -0.15) is 0 Å². The molecule has 2 aliphatic carbocycles. The van der Waals surface area contributed by atoms with E-state index in [2.05, 4.69) is 10.5 Å². The molecule has 0 spiro atoms. The van der Waals surface area contributed by atoms with Gasteiger partial charge in [0.15, 0.2) is 5.84 Å². The zero-order valence-electron chi connectivity index (χ0n) is 10.4. The first-order valence-corrected chi connectivity index (χ1v) is 6.30. The van der Waals surface area contributed by atoms with Crippen molar-refractivity contribution in [3.05, 3.63) is 0 Å². The third kappa shape index (κ3) is 2.53. The van der Waals surface area contributed by atoms with Gasteiger partial charge in [-0.3, -0.25) is 4.79 Å². The summed E-state index contributed by atoms with van der Waals surface area (Å²) in [4.78, 5) is 12.0. The summed E-state index contributed by atoms with van der Waals surface area (Å²) in [5, 5.41) is 14.6. The minimum Gasteiger partial charge on any atom is -0.409 e. The molecule has 0 aromatic carbocycles. The molecule has 2 fully saturated rings. The van der Waals surface area contributed by atoms with Gasteiger partial charge in [0.25, 0.3) is 0 Å². The second-order valence-electron chi connectivity index (χ2n) is 5.68. The molecule has 0 aromatic rings. The first-order valence-electron chi connectivity index (χ1n) is 6.30. The molecule has 4 N–H and O–H groups in total. The fraction of sp³-hybridized carbons (Fsp3) is 0.833. The van der Waals surface area contributed by atoms with E-state index in [0.717, 1.165) is 24.7 Å². The molecule has 17 heavy (non-hydrogen) atoms. The Balaban J connectivity index is 1.91. The van der Waals surface area contributed by atoms with Gasteiger partial charge in [0.05, 0.1) is 6.04 Å². The predicted molar refractivity (Wildman–Crippen MR) is 64.5 cm³/mol. The van der Waals surface area contributed by atoms with Crippen molar-refractivity contribution in [3.63, 3.8) is 0 Å². The molecule has 0 radical (unpaired) electrons. The maximum atomic E-state index is 12.0. The summed E-state index contributed by atoms with van der Waals surface area (Å²) >= 11 is 0. The lowest BCUT2D eigenvalue weighted by Gasteiger charge is -2.23. The van der Waals surface area contributed by atoms with Crippen LogP contribution in [0.25, 0.3) is 0 Å². The van der Waals surface area contributed by atoms with E-state index >= 15 is 0 Å². The Morgan fingerprint density at radius 2 is 1.94 bits per heavy atom. The molecule has 2 saturated carbocycles. The van der Waals surface area contributed by atoms with E-state index in [-0.39, 0.29) is 29.6 Å². The van der Waals surface area contributed by atoms with E-state index in [0.29, 0.717) is 0 Å². The van der Waals surface area contributed by atoms with Crippen LogP contribution in [-0.2, 0) is 4.79 Å². The molecule has 5 heteroatoms. The van der Waals surface area contributed by atoms with Gasteiger partial charge in [-0.15, -0.1) is 0 Å². The van der Waals surface area contributed by atoms with Crippen molar-refractivity contribution in [2.24, 2.45) is 34.6 Å². The number of amides is 1. The number of amidine groups is 1. The molecule has 3 unspecified atom stereocenters. The standard InChI is InChI=1S/C12H21N3O2/c1-6(2)10(11(13)15-17)14-12(16)9-4-7-3-8(7)5-9/h6-10,17H,3-5H2,1-2H3,(H2,13,15)(H,14,16). The number of nitrogens with one attached hydrogen (secondary N) is 1. The fourth-order valence-corrected chi connectivity index (χ4v) is 2.84. The first-order chi connectivity index (χ1) is 8.02. The summed E-state index contributed by atoms with van der Waals surface area (Å²) in [5.41, 5.74) is 5.59. The van der Waals surface area contributed by atoms with E-state index in [9.17, 15) is 4.79 Å². The van der Waals surface area contributed by atoms with E-state index in [4.69, 9.17) is 10.9 Å². The third-order valence-electron chi connectivity index (χ3n) is 4.01. The smallest absolute Gasteiger partial charge is 0.223 e. The molecule has 0 aromatic heterocycles. The summed E-state index contributed by atoms with van der Waals surface area (Å²) < 4.78 is 0. The number of rotatable bonds is 4. The van der Waals surface area contributed by atoms with Crippen LogP contribution in [0.4, 0.5) is 0 Å². The zero-order chi connectivity index (χ0) is 12.6. The topological polar surface area (TPSA) is 87.7 Å². The lowest BCUT2D eigenvalue weighted by atomic mass is 9.99. The van der Waals surface area contributed by atoms with Gasteiger partial charge < -0.3 is 16.3 Å². The van der Waals surface area contributed by atoms with Crippen LogP contribution in [0.1, 0.15) is 33.1 Å². The minimum atomic E-state index is -0.371. The number of hydrogen-bond donors (Lipinski definition) is 3. The highest BCUT2D eigenvalue weighted by molar-refractivity contribution is 5.90. The molecule has 0 aliphatic heterocycles. The Morgan fingerprint density at radius 1 is 1.35 bits per heavy atom. The highest BCUT2D eigenvalue weighted by Crippen LogP contribution is 2.54. The molecule has 5 nitrogen and oxygen atoms in total. The maximum Gasteiger partial charge on any atom is 0.223 e. The number of oxime groups is 1. The van der Waals surface area contributed by atoms with E-state index in [1.807, 2.05) is 13.8 Å². The quantitative estimate of drug-likeness (QED) is 0.295. The Morgan fingerprint density at radius 3 is 2.41 bits per heavy atom. The lowest BCUT2D eigenvalue weighted by molar-refractivity contribution is -0.125. The molecule has 1 amide bonds. The van der Waals surface area contributed by atoms with E-state index in [1.54, 1.807) is 0 Å². The number of nitrogens with two attached hydrogens (primary N) is 1. The second kappa shape index (κ2) is 4.55. The molecule has 0 bridgehead atoms. The predicted octanol–water partition coefficient (Wildman–Crippen LogP) is 0.920. The zero-order valence-corrected chi connectivity index (χ0v) is 10.4. The number of hydrogen-bond acceptors (Lipinski definition) is 3. The normalized spacial score (nSPS) is 33.4. The molecule has 3 atom stereocenters. The average Bonchev–Trinajstić information content (AvgIpc) is 2.91. The van der Waals surface area contributed by atoms with Crippen molar-refractivity contribution in [2.75, 3.05) is 0 Å². The Bertz CT molecular complexity index is 331. The largest absolute Gasteiger partial charge is 0.409 e. The highest BCUT2D eigenvalue weighted by Gasteiger charge is 2.48. The highest BCUT2D eigenvalue weighted by atomic mass is 16.4. The molecular formula is C12H21N3O2. The lowest BCUT2D eigenvalue weighted by Crippen LogP contribution is -2.49. The van der Waals surface area contributed by atoms with Crippen LogP contribution >= 0.6 is 0 Å². The SMILES string of the molecule is CC(C)C(NC(=O)C1CC2CC2C1)C(N)=NO. The monoisotopic (exact) mass is 239 g/mol. The van der Waals surface area contributed by atoms with Gasteiger partial charge in [-0.25, -0.2) is 0 Å². The van der Waals surface area contributed by atoms with Crippen molar-refractivity contribution >= 4 is 11.7 Å². The molecular weight excluding hydrogens is 218 g/mol. The summed E-state index contributed by atoms with van der Waals surface area (Å²) in [6.07, 6.45) is 3.33. The molecule has 0 saturated heterocycles. The van der Waals surface area contributed by atoms with Gasteiger partial charge in [0, 0.05) is 5.92 Å². The van der Waals surface area contributed by atoms with Gasteiger partial charge in [0.2, 0.25) is 5.91 Å². The van der Waals surface area contributed by atoms with Crippen molar-refractivity contribution in [3.8, 4) is 0 Å². The number of nitrogens with zero attached hydrogens (tertiary/aromatic N) is 1. The molecule has 2 aliphatic rings. The van der Waals surface area contributed by atoms with Crippen LogP contribution in [-0.4, -0.2) is 23.0 Å². The first kappa shape index (κ1) is 12.2. The molecule has 96 valence electrons. The number of fused-ring (bicyclic) bond motifs is 1. The van der Waals surface area contributed by atoms with Gasteiger partial charge in [-0.05, 0) is 37.0 Å². The van der Waals surface area contributed by atoms with Crippen molar-refractivity contribution in [1.29, 1.82) is 0 Å². The minimum absolute atomic E-state index is 0.0579. The Labute approximate surface area is 101 Å². The van der Waals surface area contributed by atoms with Crippen molar-refractivity contribution < 1.29 is 10.0 Å². The van der Waals surface area contributed by atoms with Crippen LogP contribution in [0.5, 0.6) is 0 Å². The Kier molecular flexibility index (Phi) is 3.26. The third-order valence-corrected chi connectivity index (χ3v) is 4.01. The maximum absolute atomic E-state index is 12.0. The number of carbonyl (C=O) groups is 1. The summed E-state index contributed by atoms with van der Waals surface area (Å²) in [6.45, 7) is 3.88. The van der Waals surface area contributed by atoms with Gasteiger partial charge in [-0.1, -0.05) is 19.0 Å². The van der Waals surface area contributed by atoms with Crippen molar-refractivity contribution in [2.45, 2.75) is 39.2 Å². The summed E-state index contributed by atoms with van der Waals surface area (Å²) in [6, 6.07) is -0.371. The van der Waals surface area contributed by atoms with E-state index in [1.165, 1.54) is 6.42 Å². The van der Waals surface area contributed by atoms with Gasteiger partial charge >= 0.3 is 0 Å².